The van der Waals surface area contributed by atoms with Crippen molar-refractivity contribution in [3.8, 4) is 5.75 Å². The molecule has 0 fully saturated rings. The van der Waals surface area contributed by atoms with Gasteiger partial charge < -0.3 is 14.6 Å². The van der Waals surface area contributed by atoms with Gasteiger partial charge in [0.1, 0.15) is 5.75 Å². The first-order chi connectivity index (χ1) is 9.60. The maximum absolute atomic E-state index is 11.9. The summed E-state index contributed by atoms with van der Waals surface area (Å²) in [6.45, 7) is 4.03. The van der Waals surface area contributed by atoms with E-state index in [0.717, 1.165) is 36.8 Å². The monoisotopic (exact) mass is 278 g/mol. The Bertz CT molecular complexity index is 508. The van der Waals surface area contributed by atoms with Crippen LogP contribution in [0.15, 0.2) is 6.07 Å². The number of hydrogen-bond donors (Lipinski definition) is 1. The molecule has 0 spiro atoms. The predicted octanol–water partition coefficient (Wildman–Crippen LogP) is 2.48. The summed E-state index contributed by atoms with van der Waals surface area (Å²) in [5.41, 5.74) is 4.06. The largest absolute Gasteiger partial charge is 0.496 e. The second-order valence-electron chi connectivity index (χ2n) is 5.13. The molecule has 0 amide bonds. The highest BCUT2D eigenvalue weighted by molar-refractivity contribution is 5.78. The Hall–Kier alpha value is -1.55. The van der Waals surface area contributed by atoms with Gasteiger partial charge >= 0.3 is 5.97 Å². The summed E-state index contributed by atoms with van der Waals surface area (Å²) in [5, 5.41) is 10.3. The van der Waals surface area contributed by atoms with Gasteiger partial charge in [-0.1, -0.05) is 0 Å². The Morgan fingerprint density at radius 1 is 1.35 bits per heavy atom. The molecular weight excluding hydrogens is 256 g/mol. The quantitative estimate of drug-likeness (QED) is 0.860. The summed E-state index contributed by atoms with van der Waals surface area (Å²) in [6, 6.07) is 1.90. The number of aliphatic hydroxyl groups is 1. The van der Waals surface area contributed by atoms with Gasteiger partial charge in [-0.15, -0.1) is 0 Å². The van der Waals surface area contributed by atoms with Crippen LogP contribution in [0.25, 0.3) is 0 Å². The van der Waals surface area contributed by atoms with Crippen LogP contribution >= 0.6 is 0 Å². The smallest absolute Gasteiger partial charge is 0.339 e. The first-order valence-corrected chi connectivity index (χ1v) is 7.14. The fourth-order valence-electron chi connectivity index (χ4n) is 2.96. The second kappa shape index (κ2) is 6.27. The van der Waals surface area contributed by atoms with Gasteiger partial charge in [0.25, 0.3) is 0 Å². The summed E-state index contributed by atoms with van der Waals surface area (Å²) < 4.78 is 10.3. The van der Waals surface area contributed by atoms with Gasteiger partial charge in [0.05, 0.1) is 13.7 Å². The molecule has 1 aromatic carbocycles. The topological polar surface area (TPSA) is 55.8 Å². The molecule has 4 nitrogen and oxygen atoms in total. The Kier molecular flexibility index (Phi) is 4.65. The van der Waals surface area contributed by atoms with Gasteiger partial charge in [-0.05, 0) is 62.3 Å². The van der Waals surface area contributed by atoms with Crippen LogP contribution in [-0.2, 0) is 22.4 Å². The van der Waals surface area contributed by atoms with Gasteiger partial charge in [-0.3, -0.25) is 0 Å². The van der Waals surface area contributed by atoms with Gasteiger partial charge in [0, 0.05) is 5.56 Å². The van der Waals surface area contributed by atoms with Crippen LogP contribution in [0.1, 0.15) is 48.1 Å². The molecule has 0 saturated carbocycles. The van der Waals surface area contributed by atoms with Crippen molar-refractivity contribution in [1.82, 2.24) is 0 Å². The molecule has 0 aromatic heterocycles. The van der Waals surface area contributed by atoms with Crippen molar-refractivity contribution < 1.29 is 19.4 Å². The summed E-state index contributed by atoms with van der Waals surface area (Å²) in [4.78, 5) is 11.9. The number of benzene rings is 1. The molecule has 0 bridgehead atoms. The fourth-order valence-corrected chi connectivity index (χ4v) is 2.96. The maximum atomic E-state index is 11.9. The first kappa shape index (κ1) is 14.9. The van der Waals surface area contributed by atoms with Crippen LogP contribution in [0.5, 0.6) is 5.75 Å². The lowest BCUT2D eigenvalue weighted by molar-refractivity contribution is -0.153. The third-order valence-corrected chi connectivity index (χ3v) is 3.89. The molecular formula is C16H22O4. The molecule has 1 aliphatic carbocycles. The summed E-state index contributed by atoms with van der Waals surface area (Å²) >= 11 is 0. The highest BCUT2D eigenvalue weighted by atomic mass is 16.5. The minimum absolute atomic E-state index is 0.256. The van der Waals surface area contributed by atoms with Crippen LogP contribution in [0, 0.1) is 6.92 Å². The third-order valence-electron chi connectivity index (χ3n) is 3.89. The summed E-state index contributed by atoms with van der Waals surface area (Å²) in [5.74, 6) is -0.0360. The lowest BCUT2D eigenvalue weighted by atomic mass is 9.83. The van der Waals surface area contributed by atoms with E-state index in [1.807, 2.05) is 13.0 Å². The van der Waals surface area contributed by atoms with Gasteiger partial charge in [-0.2, -0.15) is 0 Å². The molecule has 1 atom stereocenters. The number of ether oxygens (including phenoxy) is 2. The molecule has 1 unspecified atom stereocenters. The van der Waals surface area contributed by atoms with Crippen LogP contribution in [0.2, 0.25) is 0 Å². The maximum Gasteiger partial charge on any atom is 0.339 e. The standard InChI is InChI=1S/C16H22O4/c1-4-20-16(18)15(17)14-12-8-6-5-7-11(12)10(2)9-13(14)19-3/h9,15,17H,4-8H2,1-3H3. The van der Waals surface area contributed by atoms with E-state index < -0.39 is 12.1 Å². The molecule has 1 aromatic rings. The lowest BCUT2D eigenvalue weighted by Gasteiger charge is -2.25. The van der Waals surface area contributed by atoms with Crippen molar-refractivity contribution in [1.29, 1.82) is 0 Å². The second-order valence-corrected chi connectivity index (χ2v) is 5.13. The highest BCUT2D eigenvalue weighted by Crippen LogP contribution is 2.37. The average molecular weight is 278 g/mol. The van der Waals surface area contributed by atoms with E-state index in [9.17, 15) is 9.90 Å². The minimum Gasteiger partial charge on any atom is -0.496 e. The van der Waals surface area contributed by atoms with Gasteiger partial charge in [0.15, 0.2) is 6.10 Å². The van der Waals surface area contributed by atoms with Crippen molar-refractivity contribution in [2.75, 3.05) is 13.7 Å². The molecule has 110 valence electrons. The van der Waals surface area contributed by atoms with Crippen LogP contribution < -0.4 is 4.74 Å². The van der Waals surface area contributed by atoms with Crippen LogP contribution in [0.4, 0.5) is 0 Å². The number of rotatable bonds is 4. The van der Waals surface area contributed by atoms with Crippen LogP contribution in [-0.4, -0.2) is 24.8 Å². The number of carbonyl (C=O) groups excluding carboxylic acids is 1. The molecule has 1 N–H and O–H groups in total. The van der Waals surface area contributed by atoms with E-state index in [0.29, 0.717) is 11.3 Å². The molecule has 0 saturated heterocycles. The van der Waals surface area contributed by atoms with Crippen molar-refractivity contribution in [2.45, 2.75) is 45.6 Å². The number of carbonyl (C=O) groups is 1. The molecule has 0 aliphatic heterocycles. The van der Waals surface area contributed by atoms with Crippen LogP contribution in [0.3, 0.4) is 0 Å². The van der Waals surface area contributed by atoms with Crippen molar-refractivity contribution in [3.05, 3.63) is 28.3 Å². The zero-order valence-corrected chi connectivity index (χ0v) is 12.4. The van der Waals surface area contributed by atoms with Crippen molar-refractivity contribution in [2.24, 2.45) is 0 Å². The molecule has 1 aliphatic rings. The Labute approximate surface area is 119 Å². The molecule has 0 radical (unpaired) electrons. The number of aliphatic hydroxyl groups excluding tert-OH is 1. The van der Waals surface area contributed by atoms with Crippen molar-refractivity contribution >= 4 is 5.97 Å². The highest BCUT2D eigenvalue weighted by Gasteiger charge is 2.29. The molecule has 4 heteroatoms. The molecule has 0 heterocycles. The average Bonchev–Trinajstić information content (AvgIpc) is 2.46. The number of hydrogen-bond acceptors (Lipinski definition) is 4. The van der Waals surface area contributed by atoms with Crippen molar-refractivity contribution in [3.63, 3.8) is 0 Å². The van der Waals surface area contributed by atoms with E-state index >= 15 is 0 Å². The molecule has 20 heavy (non-hydrogen) atoms. The normalized spacial score (nSPS) is 15.4. The zero-order chi connectivity index (χ0) is 14.7. The number of aryl methyl sites for hydroxylation is 1. The summed E-state index contributed by atoms with van der Waals surface area (Å²) in [7, 11) is 1.56. The summed E-state index contributed by atoms with van der Waals surface area (Å²) in [6.07, 6.45) is 2.82. The first-order valence-electron chi connectivity index (χ1n) is 7.14. The number of methoxy groups -OCH3 is 1. The minimum atomic E-state index is -1.27. The third kappa shape index (κ3) is 2.66. The fraction of sp³-hybridized carbons (Fsp3) is 0.562. The Morgan fingerprint density at radius 3 is 2.60 bits per heavy atom. The molecule has 2 rings (SSSR count). The SMILES string of the molecule is CCOC(=O)C(O)c1c(OC)cc(C)c2c1CCCC2. The van der Waals surface area contributed by atoms with E-state index in [4.69, 9.17) is 9.47 Å². The van der Waals surface area contributed by atoms with Gasteiger partial charge in [0.2, 0.25) is 0 Å². The number of fused-ring (bicyclic) bond motifs is 1. The van der Waals surface area contributed by atoms with E-state index in [1.54, 1.807) is 14.0 Å². The number of esters is 1. The Balaban J connectivity index is 2.52. The van der Waals surface area contributed by atoms with E-state index in [-0.39, 0.29) is 6.61 Å². The predicted molar refractivity (Wildman–Crippen MR) is 76.0 cm³/mol. The van der Waals surface area contributed by atoms with E-state index in [1.165, 1.54) is 5.56 Å². The van der Waals surface area contributed by atoms with Gasteiger partial charge in [-0.25, -0.2) is 4.79 Å². The Morgan fingerprint density at radius 2 is 2.00 bits per heavy atom. The zero-order valence-electron chi connectivity index (χ0n) is 12.4. The van der Waals surface area contributed by atoms with E-state index in [2.05, 4.69) is 0 Å². The lowest BCUT2D eigenvalue weighted by Crippen LogP contribution is -2.20.